The van der Waals surface area contributed by atoms with Gasteiger partial charge in [-0.15, -0.1) is 0 Å². The molecule has 1 amide bonds. The molecule has 106 valence electrons. The molecule has 4 N–H and O–H groups in total. The molecule has 0 heterocycles. The zero-order valence-corrected chi connectivity index (χ0v) is 12.3. The van der Waals surface area contributed by atoms with E-state index in [0.717, 1.165) is 18.8 Å². The quantitative estimate of drug-likeness (QED) is 0.774. The van der Waals surface area contributed by atoms with Gasteiger partial charge in [0, 0.05) is 24.5 Å². The van der Waals surface area contributed by atoms with Gasteiger partial charge in [-0.1, -0.05) is 27.7 Å². The standard InChI is InChI=1S/C15H25N3O/c1-10(2)8-18(9-11(3)4)12-5-6-14(16)13(7-12)15(17)19/h5-7,10-11H,8-9,16H2,1-4H3,(H2,17,19). The lowest BCUT2D eigenvalue weighted by Crippen LogP contribution is -2.31. The third kappa shape index (κ3) is 4.47. The van der Waals surface area contributed by atoms with Crippen LogP contribution in [0.5, 0.6) is 0 Å². The maximum absolute atomic E-state index is 11.4. The van der Waals surface area contributed by atoms with Crippen LogP contribution in [0.1, 0.15) is 38.1 Å². The number of nitrogen functional groups attached to an aromatic ring is 1. The molecule has 0 fully saturated rings. The number of nitrogens with two attached hydrogens (primary N) is 2. The lowest BCUT2D eigenvalue weighted by molar-refractivity contribution is 0.100. The van der Waals surface area contributed by atoms with Crippen molar-refractivity contribution in [1.29, 1.82) is 0 Å². The van der Waals surface area contributed by atoms with Crippen LogP contribution in [0.25, 0.3) is 0 Å². The molecule has 0 bridgehead atoms. The van der Waals surface area contributed by atoms with Crippen LogP contribution in [0.2, 0.25) is 0 Å². The number of hydrogen-bond donors (Lipinski definition) is 2. The zero-order valence-electron chi connectivity index (χ0n) is 12.3. The van der Waals surface area contributed by atoms with Gasteiger partial charge >= 0.3 is 0 Å². The smallest absolute Gasteiger partial charge is 0.250 e. The van der Waals surface area contributed by atoms with Gasteiger partial charge in [-0.3, -0.25) is 4.79 Å². The van der Waals surface area contributed by atoms with Gasteiger partial charge in [0.15, 0.2) is 0 Å². The summed E-state index contributed by atoms with van der Waals surface area (Å²) in [6, 6.07) is 5.50. The molecular formula is C15H25N3O. The molecule has 1 aromatic rings. The van der Waals surface area contributed by atoms with E-state index in [1.165, 1.54) is 0 Å². The second kappa shape index (κ2) is 6.45. The molecule has 4 nitrogen and oxygen atoms in total. The Labute approximate surface area is 115 Å². The number of carbonyl (C=O) groups is 1. The number of hydrogen-bond acceptors (Lipinski definition) is 3. The molecule has 0 saturated carbocycles. The molecular weight excluding hydrogens is 238 g/mol. The summed E-state index contributed by atoms with van der Waals surface area (Å²) >= 11 is 0. The van der Waals surface area contributed by atoms with Crippen LogP contribution in [-0.4, -0.2) is 19.0 Å². The minimum Gasteiger partial charge on any atom is -0.398 e. The second-order valence-corrected chi connectivity index (χ2v) is 5.83. The molecule has 0 spiro atoms. The van der Waals surface area contributed by atoms with Crippen LogP contribution in [0, 0.1) is 11.8 Å². The predicted molar refractivity (Wildman–Crippen MR) is 81.3 cm³/mol. The van der Waals surface area contributed by atoms with Crippen LogP contribution in [0.4, 0.5) is 11.4 Å². The fourth-order valence-electron chi connectivity index (χ4n) is 2.12. The highest BCUT2D eigenvalue weighted by Crippen LogP contribution is 2.23. The van der Waals surface area contributed by atoms with Gasteiger partial charge in [0.25, 0.3) is 5.91 Å². The summed E-state index contributed by atoms with van der Waals surface area (Å²) in [5.41, 5.74) is 13.0. The highest BCUT2D eigenvalue weighted by atomic mass is 16.1. The van der Waals surface area contributed by atoms with Gasteiger partial charge in [0.2, 0.25) is 0 Å². The van der Waals surface area contributed by atoms with Gasteiger partial charge in [-0.05, 0) is 30.0 Å². The third-order valence-corrected chi connectivity index (χ3v) is 2.84. The van der Waals surface area contributed by atoms with Crippen LogP contribution in [0.15, 0.2) is 18.2 Å². The number of benzene rings is 1. The van der Waals surface area contributed by atoms with Crippen molar-refractivity contribution < 1.29 is 4.79 Å². The van der Waals surface area contributed by atoms with Crippen LogP contribution in [0.3, 0.4) is 0 Å². The molecule has 0 radical (unpaired) electrons. The summed E-state index contributed by atoms with van der Waals surface area (Å²) in [4.78, 5) is 13.6. The summed E-state index contributed by atoms with van der Waals surface area (Å²) in [6.45, 7) is 10.6. The van der Waals surface area contributed by atoms with Crippen molar-refractivity contribution in [3.05, 3.63) is 23.8 Å². The first-order chi connectivity index (χ1) is 8.81. The second-order valence-electron chi connectivity index (χ2n) is 5.83. The van der Waals surface area contributed by atoms with Crippen molar-refractivity contribution >= 4 is 17.3 Å². The van der Waals surface area contributed by atoms with Gasteiger partial charge in [-0.25, -0.2) is 0 Å². The normalized spacial score (nSPS) is 11.1. The first kappa shape index (κ1) is 15.3. The highest BCUT2D eigenvalue weighted by molar-refractivity contribution is 5.99. The van der Waals surface area contributed by atoms with Crippen molar-refractivity contribution in [2.75, 3.05) is 23.7 Å². The summed E-state index contributed by atoms with van der Waals surface area (Å²) < 4.78 is 0. The molecule has 0 aliphatic heterocycles. The minimum absolute atomic E-state index is 0.398. The molecule has 4 heteroatoms. The third-order valence-electron chi connectivity index (χ3n) is 2.84. The number of carbonyl (C=O) groups excluding carboxylic acids is 1. The van der Waals surface area contributed by atoms with Gasteiger partial charge in [-0.2, -0.15) is 0 Å². The fourth-order valence-corrected chi connectivity index (χ4v) is 2.12. The van der Waals surface area contributed by atoms with Crippen LogP contribution in [-0.2, 0) is 0 Å². The summed E-state index contributed by atoms with van der Waals surface area (Å²) in [7, 11) is 0. The maximum atomic E-state index is 11.4. The Bertz CT molecular complexity index is 431. The van der Waals surface area contributed by atoms with E-state index < -0.39 is 5.91 Å². The number of amides is 1. The lowest BCUT2D eigenvalue weighted by atomic mass is 10.1. The topological polar surface area (TPSA) is 72.3 Å². The molecule has 19 heavy (non-hydrogen) atoms. The van der Waals surface area contributed by atoms with Gasteiger partial charge in [0.05, 0.1) is 5.56 Å². The molecule has 0 aliphatic carbocycles. The lowest BCUT2D eigenvalue weighted by Gasteiger charge is -2.29. The molecule has 0 atom stereocenters. The van der Waals surface area contributed by atoms with Crippen molar-refractivity contribution in [3.8, 4) is 0 Å². The molecule has 0 aromatic heterocycles. The zero-order chi connectivity index (χ0) is 14.6. The Balaban J connectivity index is 3.07. The summed E-state index contributed by atoms with van der Waals surface area (Å²) in [5, 5.41) is 0. The Kier molecular flexibility index (Phi) is 5.21. The van der Waals surface area contributed by atoms with E-state index in [1.807, 2.05) is 6.07 Å². The molecule has 1 aromatic carbocycles. The average Bonchev–Trinajstić information content (AvgIpc) is 2.27. The van der Waals surface area contributed by atoms with Gasteiger partial charge < -0.3 is 16.4 Å². The Morgan fingerprint density at radius 1 is 1.16 bits per heavy atom. The van der Waals surface area contributed by atoms with E-state index >= 15 is 0 Å². The number of nitrogens with zero attached hydrogens (tertiary/aromatic N) is 1. The number of anilines is 2. The van der Waals surface area contributed by atoms with Crippen molar-refractivity contribution in [3.63, 3.8) is 0 Å². The number of primary amides is 1. The van der Waals surface area contributed by atoms with E-state index in [4.69, 9.17) is 11.5 Å². The summed E-state index contributed by atoms with van der Waals surface area (Å²) in [5.74, 6) is 0.620. The fraction of sp³-hybridized carbons (Fsp3) is 0.533. The minimum atomic E-state index is -0.478. The Morgan fingerprint density at radius 3 is 2.11 bits per heavy atom. The van der Waals surface area contributed by atoms with E-state index in [9.17, 15) is 4.79 Å². The van der Waals surface area contributed by atoms with E-state index in [2.05, 4.69) is 32.6 Å². The Morgan fingerprint density at radius 2 is 1.68 bits per heavy atom. The summed E-state index contributed by atoms with van der Waals surface area (Å²) in [6.07, 6.45) is 0. The van der Waals surface area contributed by atoms with Crippen molar-refractivity contribution in [1.82, 2.24) is 0 Å². The average molecular weight is 263 g/mol. The van der Waals surface area contributed by atoms with E-state index in [-0.39, 0.29) is 0 Å². The van der Waals surface area contributed by atoms with E-state index in [0.29, 0.717) is 23.1 Å². The highest BCUT2D eigenvalue weighted by Gasteiger charge is 2.14. The largest absolute Gasteiger partial charge is 0.398 e. The first-order valence-electron chi connectivity index (χ1n) is 6.75. The maximum Gasteiger partial charge on any atom is 0.250 e. The van der Waals surface area contributed by atoms with Crippen molar-refractivity contribution in [2.24, 2.45) is 17.6 Å². The monoisotopic (exact) mass is 263 g/mol. The predicted octanol–water partition coefficient (Wildman–Crippen LogP) is 2.49. The SMILES string of the molecule is CC(C)CN(CC(C)C)c1ccc(N)c(C(N)=O)c1. The van der Waals surface area contributed by atoms with Gasteiger partial charge in [0.1, 0.15) is 0 Å². The molecule has 0 saturated heterocycles. The molecule has 1 rings (SSSR count). The molecule has 0 unspecified atom stereocenters. The first-order valence-corrected chi connectivity index (χ1v) is 6.75. The number of rotatable bonds is 6. The van der Waals surface area contributed by atoms with Crippen LogP contribution >= 0.6 is 0 Å². The van der Waals surface area contributed by atoms with Crippen LogP contribution < -0.4 is 16.4 Å². The van der Waals surface area contributed by atoms with Crippen molar-refractivity contribution in [2.45, 2.75) is 27.7 Å². The molecule has 0 aliphatic rings. The van der Waals surface area contributed by atoms with E-state index in [1.54, 1.807) is 12.1 Å². The Hall–Kier alpha value is -1.71.